The summed E-state index contributed by atoms with van der Waals surface area (Å²) < 4.78 is 1.78. The average Bonchev–Trinajstić information content (AvgIpc) is 2.95. The molecule has 1 heterocycles. The SMILES string of the molecule is NCCn1cnc(C(=O)Nc2cccc(CCCO)c2)c1. The lowest BCUT2D eigenvalue weighted by molar-refractivity contribution is 0.102. The Morgan fingerprint density at radius 1 is 1.43 bits per heavy atom. The van der Waals surface area contributed by atoms with Gasteiger partial charge in [-0.25, -0.2) is 4.98 Å². The van der Waals surface area contributed by atoms with Gasteiger partial charge in [0.15, 0.2) is 0 Å². The number of aliphatic hydroxyl groups excluding tert-OH is 1. The number of nitrogens with one attached hydrogen (secondary N) is 1. The molecule has 2 aromatic rings. The molecule has 0 atom stereocenters. The van der Waals surface area contributed by atoms with Gasteiger partial charge in [-0.05, 0) is 30.5 Å². The summed E-state index contributed by atoms with van der Waals surface area (Å²) in [5, 5.41) is 11.7. The summed E-state index contributed by atoms with van der Waals surface area (Å²) in [6, 6.07) is 7.60. The van der Waals surface area contributed by atoms with E-state index in [0.29, 0.717) is 25.2 Å². The molecule has 0 aliphatic heterocycles. The maximum Gasteiger partial charge on any atom is 0.275 e. The quantitative estimate of drug-likeness (QED) is 0.709. The summed E-state index contributed by atoms with van der Waals surface area (Å²) in [6.45, 7) is 1.30. The molecule has 0 fully saturated rings. The molecule has 1 aromatic heterocycles. The van der Waals surface area contributed by atoms with Crippen LogP contribution in [0, 0.1) is 0 Å². The highest BCUT2D eigenvalue weighted by Gasteiger charge is 2.09. The van der Waals surface area contributed by atoms with Gasteiger partial charge >= 0.3 is 0 Å². The van der Waals surface area contributed by atoms with Crippen LogP contribution in [0.15, 0.2) is 36.8 Å². The molecule has 4 N–H and O–H groups in total. The maximum atomic E-state index is 12.1. The predicted molar refractivity (Wildman–Crippen MR) is 81.1 cm³/mol. The molecule has 6 nitrogen and oxygen atoms in total. The lowest BCUT2D eigenvalue weighted by Crippen LogP contribution is -2.13. The number of aromatic nitrogens is 2. The first-order valence-corrected chi connectivity index (χ1v) is 6.96. The monoisotopic (exact) mass is 288 g/mol. The number of rotatable bonds is 7. The van der Waals surface area contributed by atoms with E-state index in [1.165, 1.54) is 0 Å². The summed E-state index contributed by atoms with van der Waals surface area (Å²) in [6.07, 6.45) is 4.77. The number of carbonyl (C=O) groups is 1. The molecule has 0 unspecified atom stereocenters. The van der Waals surface area contributed by atoms with Gasteiger partial charge in [-0.1, -0.05) is 12.1 Å². The summed E-state index contributed by atoms with van der Waals surface area (Å²) in [4.78, 5) is 16.2. The first-order chi connectivity index (χ1) is 10.2. The third-order valence-electron chi connectivity index (χ3n) is 3.06. The third kappa shape index (κ3) is 4.40. The van der Waals surface area contributed by atoms with E-state index < -0.39 is 0 Å². The second kappa shape index (κ2) is 7.56. The topological polar surface area (TPSA) is 93.2 Å². The van der Waals surface area contributed by atoms with Gasteiger partial charge in [0.1, 0.15) is 5.69 Å². The Morgan fingerprint density at radius 2 is 2.29 bits per heavy atom. The first-order valence-electron chi connectivity index (χ1n) is 6.96. The second-order valence-electron chi connectivity index (χ2n) is 4.77. The minimum Gasteiger partial charge on any atom is -0.396 e. The zero-order valence-corrected chi connectivity index (χ0v) is 11.8. The molecule has 0 aliphatic carbocycles. The van der Waals surface area contributed by atoms with Gasteiger partial charge in [-0.2, -0.15) is 0 Å². The number of aryl methyl sites for hydroxylation is 1. The van der Waals surface area contributed by atoms with Crippen molar-refractivity contribution in [3.05, 3.63) is 48.0 Å². The number of hydrogen-bond donors (Lipinski definition) is 3. The Labute approximate surface area is 123 Å². The van der Waals surface area contributed by atoms with Crippen molar-refractivity contribution in [2.75, 3.05) is 18.5 Å². The number of benzene rings is 1. The molecular weight excluding hydrogens is 268 g/mol. The number of aliphatic hydroxyl groups is 1. The Kier molecular flexibility index (Phi) is 5.48. The van der Waals surface area contributed by atoms with Crippen LogP contribution in [0.2, 0.25) is 0 Å². The van der Waals surface area contributed by atoms with Crippen LogP contribution in [0.1, 0.15) is 22.5 Å². The molecule has 1 aromatic carbocycles. The van der Waals surface area contributed by atoms with Crippen LogP contribution in [0.4, 0.5) is 5.69 Å². The largest absolute Gasteiger partial charge is 0.396 e. The van der Waals surface area contributed by atoms with Gasteiger partial charge in [0.05, 0.1) is 6.33 Å². The van der Waals surface area contributed by atoms with Crippen molar-refractivity contribution in [2.45, 2.75) is 19.4 Å². The number of amides is 1. The van der Waals surface area contributed by atoms with Gasteiger partial charge in [-0.3, -0.25) is 4.79 Å². The molecule has 0 spiro atoms. The standard InChI is InChI=1S/C15H20N4O2/c16-6-7-19-10-14(17-11-19)15(21)18-13-5-1-3-12(9-13)4-2-8-20/h1,3,5,9-11,20H,2,4,6-8,16H2,(H,18,21). The van der Waals surface area contributed by atoms with E-state index >= 15 is 0 Å². The van der Waals surface area contributed by atoms with E-state index in [9.17, 15) is 4.79 Å². The molecule has 0 bridgehead atoms. The summed E-state index contributed by atoms with van der Waals surface area (Å²) in [5.41, 5.74) is 7.63. The predicted octanol–water partition coefficient (Wildman–Crippen LogP) is 1.02. The van der Waals surface area contributed by atoms with Gasteiger partial charge in [0, 0.05) is 31.6 Å². The second-order valence-corrected chi connectivity index (χ2v) is 4.77. The Morgan fingerprint density at radius 3 is 3.05 bits per heavy atom. The smallest absolute Gasteiger partial charge is 0.275 e. The Bertz CT molecular complexity index is 595. The summed E-state index contributed by atoms with van der Waals surface area (Å²) in [7, 11) is 0. The molecule has 0 radical (unpaired) electrons. The van der Waals surface area contributed by atoms with Crippen LogP contribution < -0.4 is 11.1 Å². The van der Waals surface area contributed by atoms with Crippen molar-refractivity contribution in [1.82, 2.24) is 9.55 Å². The van der Waals surface area contributed by atoms with Crippen molar-refractivity contribution in [1.29, 1.82) is 0 Å². The minimum atomic E-state index is -0.245. The highest BCUT2D eigenvalue weighted by atomic mass is 16.2. The number of hydrogen-bond acceptors (Lipinski definition) is 4. The molecule has 21 heavy (non-hydrogen) atoms. The normalized spacial score (nSPS) is 10.6. The van der Waals surface area contributed by atoms with Crippen molar-refractivity contribution >= 4 is 11.6 Å². The molecule has 1 amide bonds. The van der Waals surface area contributed by atoms with Crippen molar-refractivity contribution in [3.8, 4) is 0 Å². The van der Waals surface area contributed by atoms with Gasteiger partial charge in [0.2, 0.25) is 0 Å². The lowest BCUT2D eigenvalue weighted by Gasteiger charge is -2.06. The molecule has 0 saturated heterocycles. The fraction of sp³-hybridized carbons (Fsp3) is 0.333. The number of nitrogens with zero attached hydrogens (tertiary/aromatic N) is 2. The molecule has 2 rings (SSSR count). The summed E-state index contributed by atoms with van der Waals surface area (Å²) >= 11 is 0. The fourth-order valence-electron chi connectivity index (χ4n) is 2.03. The number of imidazole rings is 1. The van der Waals surface area contributed by atoms with Crippen molar-refractivity contribution in [2.24, 2.45) is 5.73 Å². The van der Waals surface area contributed by atoms with Gasteiger partial charge in [-0.15, -0.1) is 0 Å². The van der Waals surface area contributed by atoms with Gasteiger partial charge < -0.3 is 20.7 Å². The molecule has 112 valence electrons. The third-order valence-corrected chi connectivity index (χ3v) is 3.06. The zero-order chi connectivity index (χ0) is 15.1. The highest BCUT2D eigenvalue weighted by molar-refractivity contribution is 6.02. The maximum absolute atomic E-state index is 12.1. The van der Waals surface area contributed by atoms with E-state index in [0.717, 1.165) is 17.7 Å². The van der Waals surface area contributed by atoms with Crippen molar-refractivity contribution in [3.63, 3.8) is 0 Å². The highest BCUT2D eigenvalue weighted by Crippen LogP contribution is 2.13. The molecular formula is C15H20N4O2. The first kappa shape index (κ1) is 15.2. The van der Waals surface area contributed by atoms with Crippen LogP contribution in [-0.2, 0) is 13.0 Å². The van der Waals surface area contributed by atoms with Crippen molar-refractivity contribution < 1.29 is 9.90 Å². The summed E-state index contributed by atoms with van der Waals surface area (Å²) in [5.74, 6) is -0.245. The van der Waals surface area contributed by atoms with Crippen LogP contribution in [0.3, 0.4) is 0 Å². The number of anilines is 1. The minimum absolute atomic E-state index is 0.162. The fourth-order valence-corrected chi connectivity index (χ4v) is 2.03. The number of carbonyl (C=O) groups excluding carboxylic acids is 1. The van der Waals surface area contributed by atoms with E-state index in [2.05, 4.69) is 10.3 Å². The van der Waals surface area contributed by atoms with Gasteiger partial charge in [0.25, 0.3) is 5.91 Å². The molecule has 6 heteroatoms. The lowest BCUT2D eigenvalue weighted by atomic mass is 10.1. The van der Waals surface area contributed by atoms with Crippen LogP contribution in [-0.4, -0.2) is 33.7 Å². The zero-order valence-electron chi connectivity index (χ0n) is 11.8. The van der Waals surface area contributed by atoms with E-state index in [1.54, 1.807) is 17.1 Å². The van der Waals surface area contributed by atoms with E-state index in [-0.39, 0.29) is 12.5 Å². The molecule has 0 saturated carbocycles. The van der Waals surface area contributed by atoms with E-state index in [1.807, 2.05) is 24.3 Å². The Hall–Kier alpha value is -2.18. The average molecular weight is 288 g/mol. The number of nitrogens with two attached hydrogens (primary N) is 1. The van der Waals surface area contributed by atoms with Crippen LogP contribution in [0.5, 0.6) is 0 Å². The Balaban J connectivity index is 2.01. The molecule has 0 aliphatic rings. The van der Waals surface area contributed by atoms with Crippen LogP contribution >= 0.6 is 0 Å². The van der Waals surface area contributed by atoms with Crippen LogP contribution in [0.25, 0.3) is 0 Å². The van der Waals surface area contributed by atoms with E-state index in [4.69, 9.17) is 10.8 Å².